The van der Waals surface area contributed by atoms with Gasteiger partial charge in [-0.05, 0) is 18.2 Å². The Hall–Kier alpha value is -1.26. The number of nitrogens with two attached hydrogens (primary N) is 2. The summed E-state index contributed by atoms with van der Waals surface area (Å²) in [6.45, 7) is 0. The molecule has 0 aliphatic rings. The Labute approximate surface area is 91.2 Å². The van der Waals surface area contributed by atoms with Gasteiger partial charge in [-0.25, -0.2) is 0 Å². The topological polar surface area (TPSA) is 78.4 Å². The molecule has 0 aromatic heterocycles. The molecule has 1 aromatic carbocycles. The van der Waals surface area contributed by atoms with E-state index in [1.807, 2.05) is 0 Å². The molecular formula is C8H9Cl2N4+. The van der Waals surface area contributed by atoms with E-state index in [1.165, 1.54) is 0 Å². The molecule has 1 rings (SSSR count). The number of nitrogens with zero attached hydrogens (tertiary/aromatic N) is 1. The minimum Gasteiger partial charge on any atom is -0.365 e. The highest BCUT2D eigenvalue weighted by atomic mass is 35.5. The van der Waals surface area contributed by atoms with Crippen LogP contribution in [0.2, 0.25) is 10.0 Å². The summed E-state index contributed by atoms with van der Waals surface area (Å²) >= 11 is 11.6. The molecule has 0 saturated carbocycles. The highest BCUT2D eigenvalue weighted by Crippen LogP contribution is 2.18. The smallest absolute Gasteiger partial charge is 0.256 e. The van der Waals surface area contributed by atoms with Crippen molar-refractivity contribution in [2.75, 3.05) is 0 Å². The number of hydrogen-bond donors (Lipinski definition) is 3. The van der Waals surface area contributed by atoms with Crippen molar-refractivity contribution in [2.24, 2.45) is 16.6 Å². The van der Waals surface area contributed by atoms with Gasteiger partial charge in [-0.1, -0.05) is 23.2 Å². The number of hydrogen-bond acceptors (Lipinski definition) is 1. The van der Waals surface area contributed by atoms with E-state index in [-0.39, 0.29) is 5.96 Å². The van der Waals surface area contributed by atoms with Gasteiger partial charge in [0.15, 0.2) is 0 Å². The molecular weight excluding hydrogens is 223 g/mol. The molecule has 5 N–H and O–H groups in total. The molecule has 0 spiro atoms. The van der Waals surface area contributed by atoms with Crippen LogP contribution in [0.3, 0.4) is 0 Å². The van der Waals surface area contributed by atoms with Crippen molar-refractivity contribution in [1.29, 1.82) is 0 Å². The number of halogens is 2. The van der Waals surface area contributed by atoms with Gasteiger partial charge in [0, 0.05) is 10.1 Å². The molecule has 0 aliphatic heterocycles. The fraction of sp³-hybridized carbons (Fsp3) is 0. The lowest BCUT2D eigenvalue weighted by molar-refractivity contribution is -0.456. The Bertz CT molecular complexity index is 383. The Kier molecular flexibility index (Phi) is 3.73. The third-order valence-electron chi connectivity index (χ3n) is 1.38. The van der Waals surface area contributed by atoms with Gasteiger partial charge >= 0.3 is 0 Å². The van der Waals surface area contributed by atoms with Crippen molar-refractivity contribution in [3.8, 4) is 0 Å². The molecule has 0 amide bonds. The van der Waals surface area contributed by atoms with Crippen LogP contribution >= 0.6 is 23.2 Å². The summed E-state index contributed by atoms with van der Waals surface area (Å²) in [4.78, 5) is 0. The Balaban J connectivity index is 2.87. The molecule has 0 radical (unpaired) electrons. The summed E-state index contributed by atoms with van der Waals surface area (Å²) in [5.41, 5.74) is 11.0. The van der Waals surface area contributed by atoms with Crippen LogP contribution in [-0.4, -0.2) is 12.2 Å². The molecule has 0 fully saturated rings. The number of guanidine groups is 1. The summed E-state index contributed by atoms with van der Waals surface area (Å²) in [7, 11) is 0. The van der Waals surface area contributed by atoms with Gasteiger partial charge in [0.05, 0.1) is 10.6 Å². The monoisotopic (exact) mass is 231 g/mol. The summed E-state index contributed by atoms with van der Waals surface area (Å²) in [6, 6.07) is 5.10. The first kappa shape index (κ1) is 10.8. The van der Waals surface area contributed by atoms with Crippen LogP contribution in [0.5, 0.6) is 0 Å². The first-order chi connectivity index (χ1) is 6.59. The van der Waals surface area contributed by atoms with Crippen molar-refractivity contribution in [1.82, 2.24) is 0 Å². The summed E-state index contributed by atoms with van der Waals surface area (Å²) in [5, 5.41) is 7.21. The Morgan fingerprint density at radius 3 is 2.64 bits per heavy atom. The highest BCUT2D eigenvalue weighted by molar-refractivity contribution is 6.36. The van der Waals surface area contributed by atoms with Crippen molar-refractivity contribution in [3.05, 3.63) is 33.8 Å². The minimum atomic E-state index is -0.0497. The fourth-order valence-electron chi connectivity index (χ4n) is 0.795. The summed E-state index contributed by atoms with van der Waals surface area (Å²) in [5.74, 6) is -0.0497. The lowest BCUT2D eigenvalue weighted by atomic mass is 10.2. The molecule has 14 heavy (non-hydrogen) atoms. The number of rotatable bonds is 2. The SMILES string of the molecule is NC(N)=N[NH+]=Cc1ccc(Cl)cc1Cl. The van der Waals surface area contributed by atoms with Gasteiger partial charge < -0.3 is 11.5 Å². The second-order valence-corrected chi connectivity index (χ2v) is 3.32. The van der Waals surface area contributed by atoms with Gasteiger partial charge in [0.2, 0.25) is 6.21 Å². The van der Waals surface area contributed by atoms with Crippen LogP contribution in [0.1, 0.15) is 5.56 Å². The maximum atomic E-state index is 5.88. The van der Waals surface area contributed by atoms with Crippen molar-refractivity contribution >= 4 is 35.4 Å². The molecule has 6 heteroatoms. The molecule has 0 unspecified atom stereocenters. The molecule has 0 saturated heterocycles. The maximum Gasteiger partial charge on any atom is 0.256 e. The normalized spacial score (nSPS) is 10.4. The first-order valence-corrected chi connectivity index (χ1v) is 4.47. The van der Waals surface area contributed by atoms with E-state index in [0.717, 1.165) is 5.56 Å². The third kappa shape index (κ3) is 3.24. The zero-order valence-electron chi connectivity index (χ0n) is 7.17. The minimum absolute atomic E-state index is 0.0497. The zero-order valence-corrected chi connectivity index (χ0v) is 8.68. The first-order valence-electron chi connectivity index (χ1n) is 3.72. The molecule has 4 nitrogen and oxygen atoms in total. The van der Waals surface area contributed by atoms with Crippen LogP contribution in [0.15, 0.2) is 23.3 Å². The quantitative estimate of drug-likeness (QED) is 0.371. The van der Waals surface area contributed by atoms with Gasteiger partial charge in [0.1, 0.15) is 0 Å². The van der Waals surface area contributed by atoms with Crippen LogP contribution in [0, 0.1) is 0 Å². The van der Waals surface area contributed by atoms with Crippen LogP contribution in [0.4, 0.5) is 0 Å². The van der Waals surface area contributed by atoms with Crippen LogP contribution in [0.25, 0.3) is 0 Å². The van der Waals surface area contributed by atoms with E-state index < -0.39 is 0 Å². The average Bonchev–Trinajstić information content (AvgIpc) is 2.08. The molecule has 0 atom stereocenters. The molecule has 0 heterocycles. The van der Waals surface area contributed by atoms with E-state index >= 15 is 0 Å². The van der Waals surface area contributed by atoms with E-state index in [1.54, 1.807) is 24.4 Å². The lowest BCUT2D eigenvalue weighted by Gasteiger charge is -1.93. The third-order valence-corrected chi connectivity index (χ3v) is 1.94. The van der Waals surface area contributed by atoms with Gasteiger partial charge in [0.25, 0.3) is 5.96 Å². The van der Waals surface area contributed by atoms with Gasteiger partial charge in [-0.2, -0.15) is 0 Å². The maximum absolute atomic E-state index is 5.88. The van der Waals surface area contributed by atoms with E-state index in [0.29, 0.717) is 10.0 Å². The van der Waals surface area contributed by atoms with Crippen molar-refractivity contribution in [2.45, 2.75) is 0 Å². The lowest BCUT2D eigenvalue weighted by Crippen LogP contribution is -2.63. The summed E-state index contributed by atoms with van der Waals surface area (Å²) in [6.07, 6.45) is 1.57. The predicted molar refractivity (Wildman–Crippen MR) is 58.4 cm³/mol. The van der Waals surface area contributed by atoms with Crippen molar-refractivity contribution < 1.29 is 5.10 Å². The second-order valence-electron chi connectivity index (χ2n) is 2.48. The largest absolute Gasteiger partial charge is 0.365 e. The van der Waals surface area contributed by atoms with E-state index in [9.17, 15) is 0 Å². The van der Waals surface area contributed by atoms with Crippen molar-refractivity contribution in [3.63, 3.8) is 0 Å². The second kappa shape index (κ2) is 4.83. The summed E-state index contributed by atoms with van der Waals surface area (Å²) < 4.78 is 0. The number of nitrogens with one attached hydrogen (secondary N) is 1. The van der Waals surface area contributed by atoms with Gasteiger partial charge in [-0.15, -0.1) is 5.10 Å². The fourth-order valence-corrected chi connectivity index (χ4v) is 1.26. The van der Waals surface area contributed by atoms with Crippen LogP contribution < -0.4 is 16.6 Å². The van der Waals surface area contributed by atoms with E-state index in [4.69, 9.17) is 34.7 Å². The van der Waals surface area contributed by atoms with E-state index in [2.05, 4.69) is 10.2 Å². The van der Waals surface area contributed by atoms with Crippen LogP contribution in [-0.2, 0) is 0 Å². The Morgan fingerprint density at radius 1 is 1.36 bits per heavy atom. The zero-order chi connectivity index (χ0) is 10.6. The van der Waals surface area contributed by atoms with Gasteiger partial charge in [-0.3, -0.25) is 0 Å². The highest BCUT2D eigenvalue weighted by Gasteiger charge is 2.00. The molecule has 0 bridgehead atoms. The molecule has 1 aromatic rings. The number of hydrazone groups is 1. The average molecular weight is 232 g/mol. The standard InChI is InChI=1S/C8H8Cl2N4/c9-6-2-1-5(7(10)3-6)4-13-14-8(11)12/h1-4H,(H4,11,12,14)/p+1. The predicted octanol–water partition coefficient (Wildman–Crippen LogP) is -0.319. The molecule has 74 valence electrons. The number of benzene rings is 1. The molecule has 0 aliphatic carbocycles. The Morgan fingerprint density at radius 2 is 2.07 bits per heavy atom.